The first-order valence-corrected chi connectivity index (χ1v) is 7.24. The average molecular weight is 205 g/mol. The highest BCUT2D eigenvalue weighted by molar-refractivity contribution is 6.49. The lowest BCUT2D eigenvalue weighted by atomic mass is 10.9. The van der Waals surface area contributed by atoms with Crippen LogP contribution in [0.2, 0.25) is 5.54 Å². The van der Waals surface area contributed by atoms with Gasteiger partial charge in [-0.1, -0.05) is 12.8 Å². The van der Waals surface area contributed by atoms with Crippen molar-refractivity contribution in [2.45, 2.75) is 32.2 Å². The fraction of sp³-hybridized carbons (Fsp3) is 1.00. The van der Waals surface area contributed by atoms with Crippen molar-refractivity contribution in [2.24, 2.45) is 0 Å². The Hall–Kier alpha value is 0.314. The van der Waals surface area contributed by atoms with Gasteiger partial charge >= 0.3 is 9.53 Å². The second-order valence-corrected chi connectivity index (χ2v) is 6.59. The third-order valence-electron chi connectivity index (χ3n) is 1.66. The first kappa shape index (κ1) is 10.4. The van der Waals surface area contributed by atoms with E-state index in [2.05, 4.69) is 0 Å². The molecule has 0 aromatic carbocycles. The van der Waals surface area contributed by atoms with E-state index in [0.717, 1.165) is 5.54 Å². The van der Waals surface area contributed by atoms with E-state index in [1.54, 1.807) is 0 Å². The van der Waals surface area contributed by atoms with Crippen molar-refractivity contribution >= 4 is 19.3 Å². The van der Waals surface area contributed by atoms with E-state index in [9.17, 15) is 0 Å². The highest BCUT2D eigenvalue weighted by atomic mass is 28.4. The Morgan fingerprint density at radius 3 is 2.25 bits per heavy atom. The molecule has 12 heavy (non-hydrogen) atoms. The van der Waals surface area contributed by atoms with Gasteiger partial charge in [0.05, 0.1) is 0 Å². The predicted octanol–water partition coefficient (Wildman–Crippen LogP) is 0.727. The highest BCUT2D eigenvalue weighted by Crippen LogP contribution is 2.35. The fourth-order valence-electron chi connectivity index (χ4n) is 0.831. The van der Waals surface area contributed by atoms with Gasteiger partial charge in [-0.05, 0) is 19.4 Å². The summed E-state index contributed by atoms with van der Waals surface area (Å²) >= 11 is 0. The molecule has 0 bridgehead atoms. The molecule has 0 amide bonds. The molecule has 0 aromatic heterocycles. The molecule has 1 aliphatic carbocycles. The Bertz CT molecular complexity index is 113. The van der Waals surface area contributed by atoms with Gasteiger partial charge in [0.15, 0.2) is 9.76 Å². The zero-order valence-corrected chi connectivity index (χ0v) is 10.3. The maximum absolute atomic E-state index is 5.64. The Morgan fingerprint density at radius 2 is 1.83 bits per heavy atom. The zero-order chi connectivity index (χ0) is 8.81. The lowest BCUT2D eigenvalue weighted by Gasteiger charge is -2.12. The number of rotatable bonds is 7. The van der Waals surface area contributed by atoms with E-state index in [0.29, 0.717) is 13.2 Å². The number of hydrogen-bond acceptors (Lipinski definition) is 3. The lowest BCUT2D eigenvalue weighted by Crippen LogP contribution is -2.28. The third-order valence-corrected chi connectivity index (χ3v) is 5.60. The van der Waals surface area contributed by atoms with Crippen LogP contribution in [0.3, 0.4) is 0 Å². The van der Waals surface area contributed by atoms with Crippen LogP contribution in [-0.2, 0) is 13.0 Å². The minimum absolute atomic E-state index is 0.336. The first-order chi connectivity index (χ1) is 5.86. The second-order valence-electron chi connectivity index (χ2n) is 2.87. The van der Waals surface area contributed by atoms with Gasteiger partial charge in [0.1, 0.15) is 0 Å². The van der Waals surface area contributed by atoms with Gasteiger partial charge in [-0.3, -0.25) is 0 Å². The predicted molar refractivity (Wildman–Crippen MR) is 51.6 cm³/mol. The van der Waals surface area contributed by atoms with Crippen LogP contribution in [0.5, 0.6) is 0 Å². The maximum Gasteiger partial charge on any atom is 0.566 e. The Morgan fingerprint density at radius 1 is 1.25 bits per heavy atom. The molecule has 0 aromatic rings. The standard InChI is InChI=1S/C7H17O3Si2/c1-3-8-12(9-4-2)10-11-7-5-6-7/h7H,3-6,11H2,1-2H3. The van der Waals surface area contributed by atoms with Crippen LogP contribution >= 0.6 is 0 Å². The van der Waals surface area contributed by atoms with E-state index in [-0.39, 0.29) is 9.76 Å². The summed E-state index contributed by atoms with van der Waals surface area (Å²) in [5.41, 5.74) is 0.922. The summed E-state index contributed by atoms with van der Waals surface area (Å²) < 4.78 is 16.3. The van der Waals surface area contributed by atoms with Gasteiger partial charge in [0.2, 0.25) is 0 Å². The molecule has 1 rings (SSSR count). The molecule has 0 atom stereocenters. The Labute approximate surface area is 78.3 Å². The monoisotopic (exact) mass is 205 g/mol. The summed E-state index contributed by atoms with van der Waals surface area (Å²) in [4.78, 5) is 0. The van der Waals surface area contributed by atoms with Gasteiger partial charge in [-0.25, -0.2) is 0 Å². The molecular weight excluding hydrogens is 188 g/mol. The molecule has 71 valence electrons. The van der Waals surface area contributed by atoms with Gasteiger partial charge in [0.25, 0.3) is 0 Å². The zero-order valence-electron chi connectivity index (χ0n) is 7.84. The molecule has 1 saturated carbocycles. The molecule has 5 heteroatoms. The lowest BCUT2D eigenvalue weighted by molar-refractivity contribution is 0.155. The molecule has 0 heterocycles. The van der Waals surface area contributed by atoms with Gasteiger partial charge < -0.3 is 13.0 Å². The summed E-state index contributed by atoms with van der Waals surface area (Å²) in [6.45, 7) is 5.36. The maximum atomic E-state index is 5.64. The molecular formula is C7H17O3Si2. The average Bonchev–Trinajstić information content (AvgIpc) is 2.84. The normalized spacial score (nSPS) is 18.2. The van der Waals surface area contributed by atoms with Crippen molar-refractivity contribution in [1.82, 2.24) is 0 Å². The largest absolute Gasteiger partial charge is 0.566 e. The molecule has 1 fully saturated rings. The van der Waals surface area contributed by atoms with E-state index in [1.165, 1.54) is 12.8 Å². The molecule has 0 N–H and O–H groups in total. The van der Waals surface area contributed by atoms with Gasteiger partial charge in [-0.2, -0.15) is 0 Å². The van der Waals surface area contributed by atoms with Crippen LogP contribution in [0.15, 0.2) is 0 Å². The quantitative estimate of drug-likeness (QED) is 0.574. The summed E-state index contributed by atoms with van der Waals surface area (Å²) in [5.74, 6) is 0. The van der Waals surface area contributed by atoms with Crippen molar-refractivity contribution in [3.8, 4) is 0 Å². The van der Waals surface area contributed by atoms with Crippen LogP contribution in [0, 0.1) is 0 Å². The minimum Gasteiger partial charge on any atom is -0.419 e. The van der Waals surface area contributed by atoms with E-state index in [1.807, 2.05) is 13.8 Å². The first-order valence-electron chi connectivity index (χ1n) is 4.62. The Kier molecular flexibility index (Phi) is 5.09. The topological polar surface area (TPSA) is 27.7 Å². The summed E-state index contributed by atoms with van der Waals surface area (Å²) in [5, 5.41) is 0. The van der Waals surface area contributed by atoms with E-state index in [4.69, 9.17) is 13.0 Å². The summed E-state index contributed by atoms with van der Waals surface area (Å²) in [7, 11) is -1.68. The van der Waals surface area contributed by atoms with Crippen LogP contribution in [0.1, 0.15) is 26.7 Å². The second kappa shape index (κ2) is 5.87. The molecule has 0 unspecified atom stereocenters. The van der Waals surface area contributed by atoms with Crippen molar-refractivity contribution in [3.63, 3.8) is 0 Å². The smallest absolute Gasteiger partial charge is 0.419 e. The minimum atomic E-state index is -1.34. The fourth-order valence-corrected chi connectivity index (χ4v) is 4.11. The van der Waals surface area contributed by atoms with Crippen molar-refractivity contribution in [3.05, 3.63) is 0 Å². The molecule has 0 saturated heterocycles. The SMILES string of the molecule is CCO[Si](OCC)O[SiH2]C1CC1. The van der Waals surface area contributed by atoms with E-state index >= 15 is 0 Å². The molecule has 3 nitrogen and oxygen atoms in total. The molecule has 1 aliphatic rings. The van der Waals surface area contributed by atoms with Gasteiger partial charge in [0, 0.05) is 13.2 Å². The van der Waals surface area contributed by atoms with Crippen molar-refractivity contribution in [2.75, 3.05) is 13.2 Å². The third kappa shape index (κ3) is 4.37. The van der Waals surface area contributed by atoms with Crippen molar-refractivity contribution in [1.29, 1.82) is 0 Å². The van der Waals surface area contributed by atoms with Crippen molar-refractivity contribution < 1.29 is 13.0 Å². The van der Waals surface area contributed by atoms with Crippen LogP contribution in [-0.4, -0.2) is 32.5 Å². The van der Waals surface area contributed by atoms with Crippen LogP contribution < -0.4 is 0 Å². The molecule has 0 aliphatic heterocycles. The summed E-state index contributed by atoms with van der Waals surface area (Å²) in [6.07, 6.45) is 2.75. The van der Waals surface area contributed by atoms with E-state index < -0.39 is 9.53 Å². The number of hydrogen-bond donors (Lipinski definition) is 0. The van der Waals surface area contributed by atoms with Gasteiger partial charge in [-0.15, -0.1) is 0 Å². The van der Waals surface area contributed by atoms with Crippen LogP contribution in [0.4, 0.5) is 0 Å². The van der Waals surface area contributed by atoms with Crippen LogP contribution in [0.25, 0.3) is 0 Å². The molecule has 0 spiro atoms. The highest BCUT2D eigenvalue weighted by Gasteiger charge is 2.26. The Balaban J connectivity index is 2.03. The summed E-state index contributed by atoms with van der Waals surface area (Å²) in [6, 6.07) is 0. The molecule has 1 radical (unpaired) electrons.